The van der Waals surface area contributed by atoms with Crippen LogP contribution < -0.4 is 10.3 Å². The van der Waals surface area contributed by atoms with Crippen molar-refractivity contribution >= 4 is 5.91 Å². The van der Waals surface area contributed by atoms with Crippen molar-refractivity contribution in [1.29, 1.82) is 0 Å². The maximum Gasteiger partial charge on any atom is 0.293 e. The number of nitrogens with zero attached hydrogens (tertiary/aromatic N) is 3. The van der Waals surface area contributed by atoms with Crippen molar-refractivity contribution in [3.05, 3.63) is 99.5 Å². The predicted octanol–water partition coefficient (Wildman–Crippen LogP) is 2.89. The molecule has 1 amide bonds. The first-order chi connectivity index (χ1) is 18.5. The van der Waals surface area contributed by atoms with Gasteiger partial charge in [-0.2, -0.15) is 0 Å². The number of aromatic nitrogens is 1. The molecule has 198 valence electrons. The van der Waals surface area contributed by atoms with Crippen molar-refractivity contribution in [2.24, 2.45) is 0 Å². The lowest BCUT2D eigenvalue weighted by Crippen LogP contribution is -2.39. The number of carbonyl (C=O) groups excluding carboxylic acids is 1. The van der Waals surface area contributed by atoms with E-state index < -0.39 is 6.04 Å². The van der Waals surface area contributed by atoms with E-state index in [4.69, 9.17) is 14.3 Å². The van der Waals surface area contributed by atoms with E-state index in [1.807, 2.05) is 36.4 Å². The fourth-order valence-corrected chi connectivity index (χ4v) is 4.30. The van der Waals surface area contributed by atoms with Gasteiger partial charge in [-0.1, -0.05) is 36.1 Å². The highest BCUT2D eigenvalue weighted by Crippen LogP contribution is 2.18. The van der Waals surface area contributed by atoms with Gasteiger partial charge in [-0.15, -0.1) is 0 Å². The van der Waals surface area contributed by atoms with Crippen LogP contribution in [-0.2, 0) is 27.3 Å². The quantitative estimate of drug-likeness (QED) is 0.339. The molecule has 1 aromatic heterocycles. The largest absolute Gasteiger partial charge is 0.491 e. The van der Waals surface area contributed by atoms with Crippen LogP contribution >= 0.6 is 0 Å². The number of methoxy groups -OCH3 is 1. The van der Waals surface area contributed by atoms with Gasteiger partial charge in [-0.25, -0.2) is 5.06 Å². The van der Waals surface area contributed by atoms with Crippen LogP contribution in [0.5, 0.6) is 5.75 Å². The monoisotopic (exact) mass is 515 g/mol. The Hall–Kier alpha value is -3.90. The molecule has 38 heavy (non-hydrogen) atoms. The van der Waals surface area contributed by atoms with E-state index in [1.54, 1.807) is 18.3 Å². The number of ether oxygens (including phenoxy) is 2. The van der Waals surface area contributed by atoms with Crippen molar-refractivity contribution in [2.45, 2.75) is 19.0 Å². The summed E-state index contributed by atoms with van der Waals surface area (Å²) in [6.07, 6.45) is 1.89. The number of likely N-dealkylation sites (N-methyl/N-ethyl adjacent to an activating group) is 1. The number of rotatable bonds is 8. The fourth-order valence-electron chi connectivity index (χ4n) is 4.30. The first-order valence-electron chi connectivity index (χ1n) is 12.6. The second-order valence-electron chi connectivity index (χ2n) is 9.06. The molecule has 2 aromatic carbocycles. The summed E-state index contributed by atoms with van der Waals surface area (Å²) in [5.41, 5.74) is 3.59. The lowest BCUT2D eigenvalue weighted by atomic mass is 10.0. The first kappa shape index (κ1) is 27.1. The molecule has 0 bridgehead atoms. The Morgan fingerprint density at radius 3 is 2.16 bits per heavy atom. The van der Waals surface area contributed by atoms with Crippen molar-refractivity contribution in [1.82, 2.24) is 14.5 Å². The van der Waals surface area contributed by atoms with Crippen LogP contribution in [0.25, 0.3) is 0 Å². The molecule has 4 rings (SSSR count). The molecule has 1 aliphatic heterocycles. The highest BCUT2D eigenvalue weighted by atomic mass is 16.7. The Morgan fingerprint density at radius 2 is 1.58 bits per heavy atom. The molecule has 1 aliphatic rings. The Labute approximate surface area is 223 Å². The highest BCUT2D eigenvalue weighted by Gasteiger charge is 2.26. The molecule has 0 aliphatic carbocycles. The van der Waals surface area contributed by atoms with E-state index in [2.05, 4.69) is 28.9 Å². The molecule has 8 nitrogen and oxygen atoms in total. The number of morpholine rings is 1. The first-order valence-corrected chi connectivity index (χ1v) is 12.6. The molecule has 1 atom stereocenters. The summed E-state index contributed by atoms with van der Waals surface area (Å²) in [6.45, 7) is 4.44. The van der Waals surface area contributed by atoms with Gasteiger partial charge in [0.2, 0.25) is 0 Å². The lowest BCUT2D eigenvalue weighted by Gasteiger charge is -2.26. The fraction of sp³-hybridized carbons (Fsp3) is 0.333. The third-order valence-electron chi connectivity index (χ3n) is 6.56. The minimum Gasteiger partial charge on any atom is -0.491 e. The smallest absolute Gasteiger partial charge is 0.293 e. The normalized spacial score (nSPS) is 14.3. The average Bonchev–Trinajstić information content (AvgIpc) is 2.96. The van der Waals surface area contributed by atoms with Gasteiger partial charge in [0.25, 0.3) is 11.5 Å². The van der Waals surface area contributed by atoms with Gasteiger partial charge < -0.3 is 9.47 Å². The summed E-state index contributed by atoms with van der Waals surface area (Å²) in [6, 6.07) is 18.5. The zero-order chi connectivity index (χ0) is 26.9. The van der Waals surface area contributed by atoms with Crippen molar-refractivity contribution in [2.75, 3.05) is 47.6 Å². The van der Waals surface area contributed by atoms with Crippen LogP contribution in [0.3, 0.4) is 0 Å². The van der Waals surface area contributed by atoms with Crippen LogP contribution in [-0.4, -0.2) is 68.0 Å². The van der Waals surface area contributed by atoms with Crippen LogP contribution in [0.2, 0.25) is 0 Å². The summed E-state index contributed by atoms with van der Waals surface area (Å²) in [5.74, 6) is 6.25. The molecule has 3 aromatic rings. The standard InChI is InChI=1S/C30H33N3O5/c1-31(37-3)29(34)27(33-16-4-5-28(36-2)30(33)35)21-25-12-8-23(9-13-25)6-7-24-10-14-26(15-11-24)22-32-17-19-38-20-18-32/h4-5,8-16,27H,17-22H2,1-3H3. The highest BCUT2D eigenvalue weighted by molar-refractivity contribution is 5.79. The molecule has 0 saturated carbocycles. The van der Waals surface area contributed by atoms with Crippen molar-refractivity contribution in [3.63, 3.8) is 0 Å². The molecule has 8 heteroatoms. The summed E-state index contributed by atoms with van der Waals surface area (Å²) in [4.78, 5) is 33.4. The Morgan fingerprint density at radius 1 is 0.974 bits per heavy atom. The zero-order valence-corrected chi connectivity index (χ0v) is 22.1. The molecular weight excluding hydrogens is 482 g/mol. The number of hydroxylamine groups is 2. The van der Waals surface area contributed by atoms with Gasteiger partial charge in [-0.3, -0.25) is 23.9 Å². The molecule has 0 N–H and O–H groups in total. The third kappa shape index (κ3) is 6.90. The van der Waals surface area contributed by atoms with E-state index >= 15 is 0 Å². The van der Waals surface area contributed by atoms with Gasteiger partial charge in [0.1, 0.15) is 6.04 Å². The van der Waals surface area contributed by atoms with Crippen molar-refractivity contribution < 1.29 is 19.1 Å². The number of hydrogen-bond donors (Lipinski definition) is 0. The summed E-state index contributed by atoms with van der Waals surface area (Å²) >= 11 is 0. The number of hydrogen-bond acceptors (Lipinski definition) is 6. The molecule has 1 unspecified atom stereocenters. The maximum absolute atomic E-state index is 13.1. The summed E-state index contributed by atoms with van der Waals surface area (Å²) in [5, 5.41) is 1.13. The van der Waals surface area contributed by atoms with E-state index in [-0.39, 0.29) is 17.2 Å². The second kappa shape index (κ2) is 13.1. The lowest BCUT2D eigenvalue weighted by molar-refractivity contribution is -0.172. The maximum atomic E-state index is 13.1. The van der Waals surface area contributed by atoms with Crippen LogP contribution in [0, 0.1) is 11.8 Å². The molecule has 0 radical (unpaired) electrons. The molecular formula is C30H33N3O5. The van der Waals surface area contributed by atoms with Gasteiger partial charge in [0, 0.05) is 50.4 Å². The Kier molecular flexibility index (Phi) is 9.33. The van der Waals surface area contributed by atoms with Crippen LogP contribution in [0.15, 0.2) is 71.7 Å². The van der Waals surface area contributed by atoms with Crippen LogP contribution in [0.1, 0.15) is 28.3 Å². The predicted molar refractivity (Wildman–Crippen MR) is 145 cm³/mol. The summed E-state index contributed by atoms with van der Waals surface area (Å²) in [7, 11) is 4.36. The number of pyridine rings is 1. The van der Waals surface area contributed by atoms with Gasteiger partial charge in [0.05, 0.1) is 27.4 Å². The molecule has 1 saturated heterocycles. The van der Waals surface area contributed by atoms with Gasteiger partial charge in [0.15, 0.2) is 5.75 Å². The number of benzene rings is 2. The molecule has 2 heterocycles. The van der Waals surface area contributed by atoms with Crippen molar-refractivity contribution in [3.8, 4) is 17.6 Å². The van der Waals surface area contributed by atoms with E-state index in [0.29, 0.717) is 6.42 Å². The van der Waals surface area contributed by atoms with Crippen LogP contribution in [0.4, 0.5) is 0 Å². The number of carbonyl (C=O) groups is 1. The topological polar surface area (TPSA) is 73.2 Å². The Balaban J connectivity index is 1.46. The van der Waals surface area contributed by atoms with E-state index in [9.17, 15) is 9.59 Å². The SMILES string of the molecule is COc1cccn(C(Cc2ccc(C#Cc3ccc(CN4CCOCC4)cc3)cc2)C(=O)N(C)OC)c1=O. The minimum absolute atomic E-state index is 0.171. The second-order valence-corrected chi connectivity index (χ2v) is 9.06. The zero-order valence-electron chi connectivity index (χ0n) is 22.1. The minimum atomic E-state index is -0.796. The van der Waals surface area contributed by atoms with E-state index in [1.165, 1.54) is 31.4 Å². The molecule has 1 fully saturated rings. The molecule has 0 spiro atoms. The summed E-state index contributed by atoms with van der Waals surface area (Å²) < 4.78 is 12.0. The number of amides is 1. The third-order valence-corrected chi connectivity index (χ3v) is 6.56. The van der Waals surface area contributed by atoms with Gasteiger partial charge >= 0.3 is 0 Å². The Bertz CT molecular complexity index is 1330. The van der Waals surface area contributed by atoms with Gasteiger partial charge in [-0.05, 0) is 47.5 Å². The average molecular weight is 516 g/mol. The van der Waals surface area contributed by atoms with E-state index in [0.717, 1.165) is 54.6 Å².